The summed E-state index contributed by atoms with van der Waals surface area (Å²) in [6, 6.07) is -0.215. The normalized spacial score (nSPS) is 14.8. The Hall–Kier alpha value is -0.770. The summed E-state index contributed by atoms with van der Waals surface area (Å²) < 4.78 is 0. The van der Waals surface area contributed by atoms with Crippen molar-refractivity contribution in [3.63, 3.8) is 0 Å². The fraction of sp³-hybridized carbons (Fsp3) is 0.889. The second-order valence-electron chi connectivity index (χ2n) is 3.45. The van der Waals surface area contributed by atoms with Gasteiger partial charge in [-0.05, 0) is 20.3 Å². The number of rotatable bonds is 5. The molecule has 0 saturated heterocycles. The minimum atomic E-state index is -0.492. The van der Waals surface area contributed by atoms with Gasteiger partial charge in [0.2, 0.25) is 0 Å². The lowest BCUT2D eigenvalue weighted by Gasteiger charge is -2.28. The van der Waals surface area contributed by atoms with Crippen molar-refractivity contribution in [2.24, 2.45) is 0 Å². The molecule has 4 heteroatoms. The molecule has 0 bridgehead atoms. The number of aliphatic hydroxyl groups is 1. The molecule has 0 aromatic rings. The van der Waals surface area contributed by atoms with Crippen LogP contribution in [0.15, 0.2) is 0 Å². The second-order valence-corrected chi connectivity index (χ2v) is 3.45. The predicted octanol–water partition coefficient (Wildman–Crippen LogP) is 0.857. The Balaban J connectivity index is 4.02. The quantitative estimate of drug-likeness (QED) is 0.599. The van der Waals surface area contributed by atoms with Crippen molar-refractivity contribution < 1.29 is 9.90 Å². The molecule has 0 aromatic carbocycles. The first-order valence-corrected chi connectivity index (χ1v) is 4.75. The standard InChI is InChI=1S/C9H20N2O2/c1-4-6-9(3,7-12)11-8(13)10-5-2/h12H,4-7H2,1-3H3,(H2,10,11,13). The first-order valence-electron chi connectivity index (χ1n) is 4.75. The summed E-state index contributed by atoms with van der Waals surface area (Å²) in [5.41, 5.74) is -0.492. The molecule has 0 radical (unpaired) electrons. The third-order valence-electron chi connectivity index (χ3n) is 1.90. The highest BCUT2D eigenvalue weighted by atomic mass is 16.3. The summed E-state index contributed by atoms with van der Waals surface area (Å²) in [6.07, 6.45) is 1.71. The van der Waals surface area contributed by atoms with Crippen LogP contribution in [0.2, 0.25) is 0 Å². The summed E-state index contributed by atoms with van der Waals surface area (Å²) in [5, 5.41) is 14.5. The first-order chi connectivity index (χ1) is 6.08. The van der Waals surface area contributed by atoms with E-state index in [1.807, 2.05) is 20.8 Å². The third-order valence-corrected chi connectivity index (χ3v) is 1.90. The SMILES string of the molecule is CCCC(C)(CO)NC(=O)NCC. The number of nitrogens with one attached hydrogen (secondary N) is 2. The Morgan fingerprint density at radius 2 is 2.08 bits per heavy atom. The third kappa shape index (κ3) is 4.72. The van der Waals surface area contributed by atoms with Crippen molar-refractivity contribution in [1.82, 2.24) is 10.6 Å². The lowest BCUT2D eigenvalue weighted by molar-refractivity contribution is 0.163. The van der Waals surface area contributed by atoms with E-state index in [1.54, 1.807) is 0 Å². The molecule has 0 rings (SSSR count). The van der Waals surface area contributed by atoms with E-state index >= 15 is 0 Å². The van der Waals surface area contributed by atoms with Gasteiger partial charge in [-0.15, -0.1) is 0 Å². The van der Waals surface area contributed by atoms with Gasteiger partial charge in [-0.25, -0.2) is 4.79 Å². The zero-order valence-corrected chi connectivity index (χ0v) is 8.68. The molecule has 3 N–H and O–H groups in total. The van der Waals surface area contributed by atoms with E-state index in [2.05, 4.69) is 10.6 Å². The molecule has 2 amide bonds. The number of carbonyl (C=O) groups excluding carboxylic acids is 1. The van der Waals surface area contributed by atoms with Gasteiger partial charge in [-0.2, -0.15) is 0 Å². The average Bonchev–Trinajstić information content (AvgIpc) is 2.05. The maximum Gasteiger partial charge on any atom is 0.315 e. The maximum absolute atomic E-state index is 11.2. The zero-order valence-electron chi connectivity index (χ0n) is 8.68. The van der Waals surface area contributed by atoms with Crippen LogP contribution in [0.5, 0.6) is 0 Å². The highest BCUT2D eigenvalue weighted by Gasteiger charge is 2.23. The van der Waals surface area contributed by atoms with E-state index < -0.39 is 5.54 Å². The zero-order chi connectivity index (χ0) is 10.3. The predicted molar refractivity (Wildman–Crippen MR) is 52.6 cm³/mol. The summed E-state index contributed by atoms with van der Waals surface area (Å²) >= 11 is 0. The van der Waals surface area contributed by atoms with Gasteiger partial charge >= 0.3 is 6.03 Å². The smallest absolute Gasteiger partial charge is 0.315 e. The molecule has 4 nitrogen and oxygen atoms in total. The van der Waals surface area contributed by atoms with Crippen LogP contribution in [0.3, 0.4) is 0 Å². The van der Waals surface area contributed by atoms with E-state index in [0.29, 0.717) is 6.54 Å². The fourth-order valence-corrected chi connectivity index (χ4v) is 1.21. The number of aliphatic hydroxyl groups excluding tert-OH is 1. The first kappa shape index (κ1) is 12.2. The molecule has 0 aliphatic heterocycles. The van der Waals surface area contributed by atoms with Crippen LogP contribution < -0.4 is 10.6 Å². The van der Waals surface area contributed by atoms with Gasteiger partial charge in [0.15, 0.2) is 0 Å². The molecule has 78 valence electrons. The molecule has 0 aliphatic carbocycles. The molecule has 0 fully saturated rings. The molecule has 13 heavy (non-hydrogen) atoms. The number of hydrogen-bond donors (Lipinski definition) is 3. The van der Waals surface area contributed by atoms with Crippen LogP contribution in [0, 0.1) is 0 Å². The fourth-order valence-electron chi connectivity index (χ4n) is 1.21. The van der Waals surface area contributed by atoms with Gasteiger partial charge in [-0.1, -0.05) is 13.3 Å². The minimum absolute atomic E-state index is 0.0298. The van der Waals surface area contributed by atoms with Crippen molar-refractivity contribution in [1.29, 1.82) is 0 Å². The highest BCUT2D eigenvalue weighted by molar-refractivity contribution is 5.74. The van der Waals surface area contributed by atoms with Crippen molar-refractivity contribution in [2.75, 3.05) is 13.2 Å². The van der Waals surface area contributed by atoms with Crippen LogP contribution in [0.25, 0.3) is 0 Å². The van der Waals surface area contributed by atoms with E-state index in [4.69, 9.17) is 5.11 Å². The largest absolute Gasteiger partial charge is 0.394 e. The number of hydrogen-bond acceptors (Lipinski definition) is 2. The lowest BCUT2D eigenvalue weighted by atomic mass is 9.98. The number of urea groups is 1. The van der Waals surface area contributed by atoms with E-state index in [1.165, 1.54) is 0 Å². The van der Waals surface area contributed by atoms with Crippen LogP contribution in [0.4, 0.5) is 4.79 Å². The highest BCUT2D eigenvalue weighted by Crippen LogP contribution is 2.10. The van der Waals surface area contributed by atoms with Gasteiger partial charge in [-0.3, -0.25) is 0 Å². The summed E-state index contributed by atoms with van der Waals surface area (Å²) in [6.45, 7) is 6.28. The Morgan fingerprint density at radius 3 is 2.46 bits per heavy atom. The molecule has 0 saturated carbocycles. The second kappa shape index (κ2) is 5.80. The minimum Gasteiger partial charge on any atom is -0.394 e. The van der Waals surface area contributed by atoms with Gasteiger partial charge in [0.1, 0.15) is 0 Å². The molecule has 1 atom stereocenters. The van der Waals surface area contributed by atoms with Crippen LogP contribution in [-0.2, 0) is 0 Å². The summed E-state index contributed by atoms with van der Waals surface area (Å²) in [4.78, 5) is 11.2. The Bertz CT molecular complexity index is 162. The average molecular weight is 188 g/mol. The summed E-state index contributed by atoms with van der Waals surface area (Å²) in [5.74, 6) is 0. The van der Waals surface area contributed by atoms with E-state index in [-0.39, 0.29) is 12.6 Å². The van der Waals surface area contributed by atoms with Crippen LogP contribution in [-0.4, -0.2) is 29.8 Å². The Kier molecular flexibility index (Phi) is 5.46. The van der Waals surface area contributed by atoms with Gasteiger partial charge < -0.3 is 15.7 Å². The molecular weight excluding hydrogens is 168 g/mol. The molecule has 0 spiro atoms. The van der Waals surface area contributed by atoms with E-state index in [0.717, 1.165) is 12.8 Å². The molecular formula is C9H20N2O2. The van der Waals surface area contributed by atoms with Crippen molar-refractivity contribution in [3.05, 3.63) is 0 Å². The van der Waals surface area contributed by atoms with Crippen molar-refractivity contribution >= 4 is 6.03 Å². The lowest BCUT2D eigenvalue weighted by Crippen LogP contribution is -2.52. The topological polar surface area (TPSA) is 61.4 Å². The van der Waals surface area contributed by atoms with Crippen LogP contribution in [0.1, 0.15) is 33.6 Å². The van der Waals surface area contributed by atoms with E-state index in [9.17, 15) is 4.79 Å². The van der Waals surface area contributed by atoms with Gasteiger partial charge in [0, 0.05) is 6.54 Å². The molecule has 1 unspecified atom stereocenters. The Morgan fingerprint density at radius 1 is 1.46 bits per heavy atom. The van der Waals surface area contributed by atoms with Crippen LogP contribution >= 0.6 is 0 Å². The Labute approximate surface area is 79.7 Å². The summed E-state index contributed by atoms with van der Waals surface area (Å²) in [7, 11) is 0. The molecule has 0 heterocycles. The maximum atomic E-state index is 11.2. The molecule has 0 aromatic heterocycles. The van der Waals surface area contributed by atoms with Gasteiger partial charge in [0.05, 0.1) is 12.1 Å². The van der Waals surface area contributed by atoms with Crippen molar-refractivity contribution in [2.45, 2.75) is 39.2 Å². The monoisotopic (exact) mass is 188 g/mol. The number of carbonyl (C=O) groups is 1. The number of amides is 2. The molecule has 0 aliphatic rings. The van der Waals surface area contributed by atoms with Crippen molar-refractivity contribution in [3.8, 4) is 0 Å². The van der Waals surface area contributed by atoms with Gasteiger partial charge in [0.25, 0.3) is 0 Å².